The third-order valence-corrected chi connectivity index (χ3v) is 6.12. The second kappa shape index (κ2) is 10.4. The van der Waals surface area contributed by atoms with E-state index in [1.54, 1.807) is 43.5 Å². The molecule has 2 N–H and O–H groups in total. The largest absolute Gasteiger partial charge is 0.444 e. The Morgan fingerprint density at radius 2 is 2.00 bits per heavy atom. The number of fused-ring (bicyclic) bond motifs is 1. The number of rotatable bonds is 7. The van der Waals surface area contributed by atoms with Gasteiger partial charge in [0.25, 0.3) is 0 Å². The number of anilines is 1. The second-order valence-electron chi connectivity index (χ2n) is 8.96. The number of aromatic nitrogens is 3. The minimum atomic E-state index is -1.35. The number of benzene rings is 1. The number of alkyl halides is 1. The highest BCUT2D eigenvalue weighted by atomic mass is 79.9. The second-order valence-corrected chi connectivity index (χ2v) is 10.1. The molecular weight excluding hydrogens is 532 g/mol. The molecule has 184 valence electrons. The van der Waals surface area contributed by atoms with Gasteiger partial charge in [-0.25, -0.2) is 18.1 Å². The normalized spacial score (nSPS) is 13.6. The van der Waals surface area contributed by atoms with Crippen LogP contribution in [0.2, 0.25) is 5.28 Å². The number of hydrogen-bond acceptors (Lipinski definition) is 5. The number of aryl methyl sites for hydroxylation is 1. The Hall–Kier alpha value is -2.46. The summed E-state index contributed by atoms with van der Waals surface area (Å²) in [6.07, 6.45) is -1.89. The van der Waals surface area contributed by atoms with Crippen molar-refractivity contribution < 1.29 is 18.3 Å². The molecule has 2 heterocycles. The van der Waals surface area contributed by atoms with Crippen molar-refractivity contribution in [3.8, 4) is 0 Å². The standard InChI is InChI=1S/C23H27BrClF2N5O2/c1-12-15(10-17(13(2)26)29-22(33)34-23(3,4)5)19(24)32-18(12)20(30-21(25)31-32)28-11-14-8-6-7-9-16(14)27/h6-9,13,17H,10-11H2,1-5H3,(H,29,33)(H,28,30,31)/t13-,17+/m0/s1. The minimum absolute atomic E-state index is 0.0203. The number of alkyl carbamates (subject to hydrolysis) is 1. The number of carbonyl (C=O) groups excluding carboxylic acids is 1. The fourth-order valence-corrected chi connectivity index (χ4v) is 4.37. The van der Waals surface area contributed by atoms with Crippen LogP contribution in [0.1, 0.15) is 44.4 Å². The average molecular weight is 559 g/mol. The van der Waals surface area contributed by atoms with E-state index in [0.29, 0.717) is 21.5 Å². The molecule has 7 nitrogen and oxygen atoms in total. The van der Waals surface area contributed by atoms with Gasteiger partial charge in [-0.1, -0.05) is 18.2 Å². The van der Waals surface area contributed by atoms with Gasteiger partial charge < -0.3 is 15.4 Å². The van der Waals surface area contributed by atoms with Crippen LogP contribution in [0.15, 0.2) is 28.9 Å². The molecule has 0 unspecified atom stereocenters. The van der Waals surface area contributed by atoms with Crippen molar-refractivity contribution in [3.05, 3.63) is 56.7 Å². The molecule has 3 rings (SSSR count). The van der Waals surface area contributed by atoms with Gasteiger partial charge in [0, 0.05) is 12.1 Å². The number of hydrogen-bond donors (Lipinski definition) is 2. The van der Waals surface area contributed by atoms with E-state index in [4.69, 9.17) is 16.3 Å². The zero-order chi connectivity index (χ0) is 25.2. The third kappa shape index (κ3) is 6.15. The lowest BCUT2D eigenvalue weighted by molar-refractivity contribution is 0.0477. The first kappa shape index (κ1) is 26.2. The zero-order valence-electron chi connectivity index (χ0n) is 19.5. The van der Waals surface area contributed by atoms with Gasteiger partial charge in [0.05, 0.1) is 6.04 Å². The van der Waals surface area contributed by atoms with E-state index >= 15 is 0 Å². The highest BCUT2D eigenvalue weighted by molar-refractivity contribution is 9.10. The van der Waals surface area contributed by atoms with Gasteiger partial charge in [-0.3, -0.25) is 0 Å². The Kier molecular flexibility index (Phi) is 8.02. The van der Waals surface area contributed by atoms with Gasteiger partial charge in [0.15, 0.2) is 5.82 Å². The molecule has 2 aromatic heterocycles. The van der Waals surface area contributed by atoms with Crippen molar-refractivity contribution in [3.63, 3.8) is 0 Å². The van der Waals surface area contributed by atoms with Crippen LogP contribution in [-0.4, -0.2) is 38.5 Å². The predicted octanol–water partition coefficient (Wildman–Crippen LogP) is 6.00. The van der Waals surface area contributed by atoms with Crippen molar-refractivity contribution in [2.75, 3.05) is 5.32 Å². The Labute approximate surface area is 210 Å². The van der Waals surface area contributed by atoms with Crippen LogP contribution in [0.25, 0.3) is 5.52 Å². The van der Waals surface area contributed by atoms with E-state index in [9.17, 15) is 13.6 Å². The highest BCUT2D eigenvalue weighted by Gasteiger charge is 2.27. The number of amides is 1. The summed E-state index contributed by atoms with van der Waals surface area (Å²) in [5.74, 6) is 0.0609. The van der Waals surface area contributed by atoms with Crippen molar-refractivity contribution >= 4 is 45.0 Å². The van der Waals surface area contributed by atoms with Crippen LogP contribution in [0, 0.1) is 12.7 Å². The van der Waals surface area contributed by atoms with E-state index in [2.05, 4.69) is 36.6 Å². The fraction of sp³-hybridized carbons (Fsp3) is 0.435. The number of ether oxygens (including phenoxy) is 1. The number of halogens is 4. The Morgan fingerprint density at radius 1 is 1.32 bits per heavy atom. The molecule has 0 aliphatic rings. The molecule has 1 amide bonds. The number of nitrogens with one attached hydrogen (secondary N) is 2. The van der Waals surface area contributed by atoms with Crippen LogP contribution in [0.5, 0.6) is 0 Å². The topological polar surface area (TPSA) is 80.5 Å². The maximum atomic E-state index is 14.5. The predicted molar refractivity (Wildman–Crippen MR) is 132 cm³/mol. The monoisotopic (exact) mass is 557 g/mol. The number of carbonyl (C=O) groups is 1. The quantitative estimate of drug-likeness (QED) is 0.372. The van der Waals surface area contributed by atoms with Crippen LogP contribution in [-0.2, 0) is 17.7 Å². The van der Waals surface area contributed by atoms with Crippen molar-refractivity contribution in [1.82, 2.24) is 19.9 Å². The van der Waals surface area contributed by atoms with E-state index in [1.807, 2.05) is 6.92 Å². The van der Waals surface area contributed by atoms with Gasteiger partial charge in [-0.05, 0) is 85.8 Å². The summed E-state index contributed by atoms with van der Waals surface area (Å²) in [7, 11) is 0. The average Bonchev–Trinajstić information content (AvgIpc) is 2.95. The summed E-state index contributed by atoms with van der Waals surface area (Å²) < 4.78 is 35.9. The first-order valence-corrected chi connectivity index (χ1v) is 11.9. The summed E-state index contributed by atoms with van der Waals surface area (Å²) in [5, 5.41) is 9.97. The van der Waals surface area contributed by atoms with E-state index < -0.39 is 23.9 Å². The van der Waals surface area contributed by atoms with Crippen molar-refractivity contribution in [2.24, 2.45) is 0 Å². The summed E-state index contributed by atoms with van der Waals surface area (Å²) in [4.78, 5) is 16.5. The summed E-state index contributed by atoms with van der Waals surface area (Å²) in [5.41, 5.74) is 1.84. The molecule has 0 fully saturated rings. The van der Waals surface area contributed by atoms with E-state index in [0.717, 1.165) is 11.1 Å². The highest BCUT2D eigenvalue weighted by Crippen LogP contribution is 2.33. The minimum Gasteiger partial charge on any atom is -0.444 e. The molecule has 0 aliphatic carbocycles. The molecule has 34 heavy (non-hydrogen) atoms. The first-order valence-electron chi connectivity index (χ1n) is 10.7. The SMILES string of the molecule is Cc1c(C[C@@H](NC(=O)OC(C)(C)C)[C@H](C)F)c(Br)n2nc(Cl)nc(NCc3ccccc3F)c12. The van der Waals surface area contributed by atoms with Crippen LogP contribution in [0.3, 0.4) is 0 Å². The van der Waals surface area contributed by atoms with Crippen LogP contribution >= 0.6 is 27.5 Å². The maximum Gasteiger partial charge on any atom is 0.407 e. The lowest BCUT2D eigenvalue weighted by Gasteiger charge is -2.24. The molecule has 0 bridgehead atoms. The molecule has 11 heteroatoms. The molecule has 0 spiro atoms. The first-order chi connectivity index (χ1) is 15.9. The van der Waals surface area contributed by atoms with Crippen molar-refractivity contribution in [1.29, 1.82) is 0 Å². The molecule has 2 atom stereocenters. The molecule has 3 aromatic rings. The van der Waals surface area contributed by atoms with Gasteiger partial charge >= 0.3 is 6.09 Å². The van der Waals surface area contributed by atoms with Gasteiger partial charge in [0.2, 0.25) is 5.28 Å². The summed E-state index contributed by atoms with van der Waals surface area (Å²) in [6.45, 7) is 8.60. The summed E-state index contributed by atoms with van der Waals surface area (Å²) in [6, 6.07) is 5.57. The number of nitrogens with zero attached hydrogens (tertiary/aromatic N) is 3. The fourth-order valence-electron chi connectivity index (χ4n) is 3.49. The smallest absolute Gasteiger partial charge is 0.407 e. The molecule has 0 saturated carbocycles. The van der Waals surface area contributed by atoms with Gasteiger partial charge in [0.1, 0.15) is 27.7 Å². The molecule has 0 radical (unpaired) electrons. The maximum absolute atomic E-state index is 14.5. The molecule has 0 saturated heterocycles. The van der Waals surface area contributed by atoms with Gasteiger partial charge in [-0.2, -0.15) is 4.98 Å². The van der Waals surface area contributed by atoms with Crippen LogP contribution < -0.4 is 10.6 Å². The summed E-state index contributed by atoms with van der Waals surface area (Å²) >= 11 is 9.68. The van der Waals surface area contributed by atoms with E-state index in [-0.39, 0.29) is 24.1 Å². The lowest BCUT2D eigenvalue weighted by Crippen LogP contribution is -2.44. The third-order valence-electron chi connectivity index (χ3n) is 5.15. The van der Waals surface area contributed by atoms with Crippen LogP contribution in [0.4, 0.5) is 19.4 Å². The zero-order valence-corrected chi connectivity index (χ0v) is 21.9. The van der Waals surface area contributed by atoms with E-state index in [1.165, 1.54) is 13.0 Å². The Morgan fingerprint density at radius 3 is 2.62 bits per heavy atom. The lowest BCUT2D eigenvalue weighted by atomic mass is 10.0. The Bertz CT molecular complexity index is 1200. The molecular formula is C23H27BrClF2N5O2. The molecule has 1 aromatic carbocycles. The Balaban J connectivity index is 1.93. The molecule has 0 aliphatic heterocycles. The van der Waals surface area contributed by atoms with Crippen molar-refractivity contribution in [2.45, 2.75) is 65.4 Å². The van der Waals surface area contributed by atoms with Gasteiger partial charge in [-0.15, -0.1) is 5.10 Å².